The summed E-state index contributed by atoms with van der Waals surface area (Å²) in [4.78, 5) is 27.9. The lowest BCUT2D eigenvalue weighted by molar-refractivity contribution is -0.140. The van der Waals surface area contributed by atoms with Crippen molar-refractivity contribution in [2.45, 2.75) is 59.0 Å². The first-order valence-electron chi connectivity index (χ1n) is 11.6. The highest BCUT2D eigenvalue weighted by molar-refractivity contribution is 5.88. The smallest absolute Gasteiger partial charge is 0.242 e. The number of amides is 2. The summed E-state index contributed by atoms with van der Waals surface area (Å²) in [5.41, 5.74) is 3.35. The van der Waals surface area contributed by atoms with Crippen LogP contribution in [0.5, 0.6) is 0 Å². The van der Waals surface area contributed by atoms with E-state index in [2.05, 4.69) is 36.5 Å². The van der Waals surface area contributed by atoms with Gasteiger partial charge >= 0.3 is 0 Å². The number of carbonyl (C=O) groups is 2. The molecule has 3 aromatic carbocycles. The van der Waals surface area contributed by atoms with E-state index in [0.717, 1.165) is 29.5 Å². The van der Waals surface area contributed by atoms with Crippen LogP contribution in [-0.4, -0.2) is 29.3 Å². The molecule has 0 saturated carbocycles. The molecule has 168 valence electrons. The van der Waals surface area contributed by atoms with Crippen LogP contribution in [-0.2, 0) is 22.6 Å². The Morgan fingerprint density at radius 2 is 1.62 bits per heavy atom. The van der Waals surface area contributed by atoms with Crippen LogP contribution < -0.4 is 5.32 Å². The first-order chi connectivity index (χ1) is 15.5. The molecule has 0 aliphatic carbocycles. The van der Waals surface area contributed by atoms with Crippen LogP contribution in [0.4, 0.5) is 0 Å². The SMILES string of the molecule is CCCCNC(=O)[C@H](C)N(Cc1ccccc1C)C(=O)CCc1cccc2ccccc12. The van der Waals surface area contributed by atoms with Gasteiger partial charge in [0.1, 0.15) is 6.04 Å². The summed E-state index contributed by atoms with van der Waals surface area (Å²) < 4.78 is 0. The molecule has 0 bridgehead atoms. The lowest BCUT2D eigenvalue weighted by atomic mass is 10.00. The van der Waals surface area contributed by atoms with Gasteiger partial charge in [-0.3, -0.25) is 9.59 Å². The molecule has 32 heavy (non-hydrogen) atoms. The summed E-state index contributed by atoms with van der Waals surface area (Å²) >= 11 is 0. The molecule has 0 heterocycles. The molecule has 3 rings (SSSR count). The average molecular weight is 431 g/mol. The van der Waals surface area contributed by atoms with E-state index in [1.165, 1.54) is 10.8 Å². The number of unbranched alkanes of at least 4 members (excludes halogenated alkanes) is 1. The second kappa shape index (κ2) is 11.5. The molecule has 0 aromatic heterocycles. The van der Waals surface area contributed by atoms with E-state index in [4.69, 9.17) is 0 Å². The molecular formula is C28H34N2O2. The third-order valence-corrected chi connectivity index (χ3v) is 6.09. The molecule has 0 unspecified atom stereocenters. The average Bonchev–Trinajstić information content (AvgIpc) is 2.81. The van der Waals surface area contributed by atoms with Gasteiger partial charge in [0.15, 0.2) is 0 Å². The van der Waals surface area contributed by atoms with E-state index >= 15 is 0 Å². The number of fused-ring (bicyclic) bond motifs is 1. The van der Waals surface area contributed by atoms with Crippen LogP contribution in [0.3, 0.4) is 0 Å². The minimum Gasteiger partial charge on any atom is -0.354 e. The summed E-state index contributed by atoms with van der Waals surface area (Å²) in [6.45, 7) is 7.04. The lowest BCUT2D eigenvalue weighted by Crippen LogP contribution is -2.48. The van der Waals surface area contributed by atoms with E-state index in [0.29, 0.717) is 25.9 Å². The first kappa shape index (κ1) is 23.5. The monoisotopic (exact) mass is 430 g/mol. The Bertz CT molecular complexity index is 1050. The number of benzene rings is 3. The van der Waals surface area contributed by atoms with Gasteiger partial charge in [0.25, 0.3) is 0 Å². The van der Waals surface area contributed by atoms with E-state index in [1.807, 2.05) is 56.3 Å². The van der Waals surface area contributed by atoms with E-state index < -0.39 is 6.04 Å². The van der Waals surface area contributed by atoms with Crippen molar-refractivity contribution in [1.29, 1.82) is 0 Å². The van der Waals surface area contributed by atoms with Crippen LogP contribution in [0.2, 0.25) is 0 Å². The summed E-state index contributed by atoms with van der Waals surface area (Å²) in [6, 6.07) is 22.0. The Hall–Kier alpha value is -3.14. The van der Waals surface area contributed by atoms with Gasteiger partial charge in [-0.15, -0.1) is 0 Å². The number of nitrogens with zero attached hydrogens (tertiary/aromatic N) is 1. The number of hydrogen-bond donors (Lipinski definition) is 1. The third-order valence-electron chi connectivity index (χ3n) is 6.09. The second-order valence-corrected chi connectivity index (χ2v) is 8.41. The molecule has 0 saturated heterocycles. The number of carbonyl (C=O) groups excluding carboxylic acids is 2. The molecule has 0 aliphatic heterocycles. The largest absolute Gasteiger partial charge is 0.354 e. The quantitative estimate of drug-likeness (QED) is 0.437. The maximum Gasteiger partial charge on any atom is 0.242 e. The van der Waals surface area contributed by atoms with Crippen LogP contribution in [0, 0.1) is 6.92 Å². The maximum atomic E-state index is 13.4. The molecule has 4 heteroatoms. The Morgan fingerprint density at radius 1 is 0.938 bits per heavy atom. The van der Waals surface area contributed by atoms with Gasteiger partial charge in [-0.25, -0.2) is 0 Å². The van der Waals surface area contributed by atoms with Crippen molar-refractivity contribution < 1.29 is 9.59 Å². The van der Waals surface area contributed by atoms with Crippen LogP contribution in [0.1, 0.15) is 49.8 Å². The van der Waals surface area contributed by atoms with Gasteiger partial charge in [0, 0.05) is 19.5 Å². The fourth-order valence-corrected chi connectivity index (χ4v) is 3.99. The highest BCUT2D eigenvalue weighted by atomic mass is 16.2. The number of aryl methyl sites for hydroxylation is 2. The molecule has 1 N–H and O–H groups in total. The van der Waals surface area contributed by atoms with Gasteiger partial charge in [-0.2, -0.15) is 0 Å². The van der Waals surface area contributed by atoms with Gasteiger partial charge in [0.05, 0.1) is 0 Å². The highest BCUT2D eigenvalue weighted by Gasteiger charge is 2.26. The summed E-state index contributed by atoms with van der Waals surface area (Å²) in [5.74, 6) is -0.0927. The second-order valence-electron chi connectivity index (χ2n) is 8.41. The zero-order valence-corrected chi connectivity index (χ0v) is 19.4. The van der Waals surface area contributed by atoms with Gasteiger partial charge in [-0.05, 0) is 54.2 Å². The minimum atomic E-state index is -0.522. The number of nitrogens with one attached hydrogen (secondary N) is 1. The standard InChI is InChI=1S/C28H34N2O2/c1-4-5-19-29-28(32)22(3)30(20-25-13-7-6-11-21(25)2)27(31)18-17-24-15-10-14-23-12-8-9-16-26(23)24/h6-16,22H,4-5,17-20H2,1-3H3,(H,29,32)/t22-/m0/s1. The minimum absolute atomic E-state index is 0.000622. The van der Waals surface area contributed by atoms with Gasteiger partial charge in [-0.1, -0.05) is 80.1 Å². The van der Waals surface area contributed by atoms with Crippen LogP contribution in [0.15, 0.2) is 66.7 Å². The van der Waals surface area contributed by atoms with Gasteiger partial charge in [0.2, 0.25) is 11.8 Å². The molecule has 4 nitrogen and oxygen atoms in total. The van der Waals surface area contributed by atoms with Crippen LogP contribution in [0.25, 0.3) is 10.8 Å². The highest BCUT2D eigenvalue weighted by Crippen LogP contribution is 2.21. The summed E-state index contributed by atoms with van der Waals surface area (Å²) in [5, 5.41) is 5.34. The van der Waals surface area contributed by atoms with Crippen molar-refractivity contribution >= 4 is 22.6 Å². The topological polar surface area (TPSA) is 49.4 Å². The number of hydrogen-bond acceptors (Lipinski definition) is 2. The zero-order valence-electron chi connectivity index (χ0n) is 19.4. The fraction of sp³-hybridized carbons (Fsp3) is 0.357. The normalized spacial score (nSPS) is 11.8. The Balaban J connectivity index is 1.77. The van der Waals surface area contributed by atoms with E-state index in [1.54, 1.807) is 4.90 Å². The first-order valence-corrected chi connectivity index (χ1v) is 11.6. The molecule has 0 spiro atoms. The Kier molecular flexibility index (Phi) is 8.43. The molecule has 0 fully saturated rings. The van der Waals surface area contributed by atoms with E-state index in [9.17, 15) is 9.59 Å². The van der Waals surface area contributed by atoms with Crippen molar-refractivity contribution in [3.05, 3.63) is 83.4 Å². The third kappa shape index (κ3) is 5.97. The molecule has 1 atom stereocenters. The molecule has 0 aliphatic rings. The predicted octanol–water partition coefficient (Wildman–Crippen LogP) is 5.41. The Morgan fingerprint density at radius 3 is 2.41 bits per heavy atom. The van der Waals surface area contributed by atoms with Crippen molar-refractivity contribution in [1.82, 2.24) is 10.2 Å². The Labute approximate surface area is 191 Å². The fourth-order valence-electron chi connectivity index (χ4n) is 3.99. The lowest BCUT2D eigenvalue weighted by Gasteiger charge is -2.29. The van der Waals surface area contributed by atoms with Gasteiger partial charge < -0.3 is 10.2 Å². The van der Waals surface area contributed by atoms with E-state index in [-0.39, 0.29) is 11.8 Å². The van der Waals surface area contributed by atoms with Crippen LogP contribution >= 0.6 is 0 Å². The zero-order chi connectivity index (χ0) is 22.9. The molecule has 2 amide bonds. The predicted molar refractivity (Wildman–Crippen MR) is 131 cm³/mol. The molecular weight excluding hydrogens is 396 g/mol. The summed E-state index contributed by atoms with van der Waals surface area (Å²) in [6.07, 6.45) is 2.97. The van der Waals surface area contributed by atoms with Crippen molar-refractivity contribution in [3.63, 3.8) is 0 Å². The number of rotatable bonds is 10. The van der Waals surface area contributed by atoms with Crippen molar-refractivity contribution in [2.75, 3.05) is 6.54 Å². The molecule has 0 radical (unpaired) electrons. The van der Waals surface area contributed by atoms with Crippen molar-refractivity contribution in [2.24, 2.45) is 0 Å². The summed E-state index contributed by atoms with van der Waals surface area (Å²) in [7, 11) is 0. The maximum absolute atomic E-state index is 13.4. The molecule has 3 aromatic rings. The van der Waals surface area contributed by atoms with Crippen molar-refractivity contribution in [3.8, 4) is 0 Å².